The monoisotopic (exact) mass is 260 g/mol. The number of ketones is 1. The Hall–Kier alpha value is -0.730. The molecule has 0 aromatic heterocycles. The highest BCUT2D eigenvalue weighted by Crippen LogP contribution is 2.24. The van der Waals surface area contributed by atoms with E-state index in [9.17, 15) is 4.79 Å². The third-order valence-corrected chi connectivity index (χ3v) is 3.25. The first-order valence-corrected chi connectivity index (χ1v) is 5.87. The van der Waals surface area contributed by atoms with Crippen molar-refractivity contribution in [3.8, 4) is 5.75 Å². The lowest BCUT2D eigenvalue weighted by atomic mass is 9.99. The molecule has 0 radical (unpaired) electrons. The van der Waals surface area contributed by atoms with Crippen molar-refractivity contribution < 1.29 is 9.53 Å². The number of halogens is 2. The molecule has 4 heteroatoms. The standard InChI is InChI=1S/C12H14Cl2O2/c1-7-5-11(16-3)8(2)4-9(7)12(15)10(14)6-13/h4-5,10H,6H2,1-3H3. The van der Waals surface area contributed by atoms with Crippen LogP contribution < -0.4 is 4.74 Å². The number of alkyl halides is 2. The second-order valence-electron chi connectivity index (χ2n) is 3.62. The number of aryl methyl sites for hydroxylation is 2. The Bertz CT molecular complexity index is 402. The molecular weight excluding hydrogens is 247 g/mol. The van der Waals surface area contributed by atoms with Crippen LogP contribution in [0.25, 0.3) is 0 Å². The van der Waals surface area contributed by atoms with Gasteiger partial charge in [0.1, 0.15) is 11.1 Å². The molecule has 88 valence electrons. The summed E-state index contributed by atoms with van der Waals surface area (Å²) < 4.78 is 5.18. The number of carbonyl (C=O) groups is 1. The van der Waals surface area contributed by atoms with Crippen LogP contribution in [0.4, 0.5) is 0 Å². The van der Waals surface area contributed by atoms with Crippen LogP contribution in [0.15, 0.2) is 12.1 Å². The van der Waals surface area contributed by atoms with Crippen molar-refractivity contribution in [1.29, 1.82) is 0 Å². The molecule has 0 heterocycles. The van der Waals surface area contributed by atoms with E-state index in [-0.39, 0.29) is 11.7 Å². The highest BCUT2D eigenvalue weighted by Gasteiger charge is 2.19. The number of Topliss-reactive ketones (excluding diaryl/α,β-unsaturated/α-hetero) is 1. The Kier molecular flexibility index (Phi) is 4.63. The molecule has 0 aliphatic carbocycles. The Morgan fingerprint density at radius 3 is 2.50 bits per heavy atom. The highest BCUT2D eigenvalue weighted by molar-refractivity contribution is 6.38. The lowest BCUT2D eigenvalue weighted by Crippen LogP contribution is -2.17. The molecule has 1 aromatic rings. The van der Waals surface area contributed by atoms with Gasteiger partial charge in [-0.3, -0.25) is 4.79 Å². The zero-order chi connectivity index (χ0) is 12.3. The van der Waals surface area contributed by atoms with Crippen LogP contribution >= 0.6 is 23.2 Å². The van der Waals surface area contributed by atoms with E-state index in [1.165, 1.54) is 0 Å². The van der Waals surface area contributed by atoms with Gasteiger partial charge in [0, 0.05) is 11.4 Å². The Labute approximate surface area is 106 Å². The van der Waals surface area contributed by atoms with E-state index < -0.39 is 5.38 Å². The number of methoxy groups -OCH3 is 1. The van der Waals surface area contributed by atoms with Crippen molar-refractivity contribution in [1.82, 2.24) is 0 Å². The van der Waals surface area contributed by atoms with Crippen LogP contribution in [0, 0.1) is 13.8 Å². The lowest BCUT2D eigenvalue weighted by molar-refractivity contribution is 0.0992. The second kappa shape index (κ2) is 5.55. The van der Waals surface area contributed by atoms with E-state index >= 15 is 0 Å². The van der Waals surface area contributed by atoms with Gasteiger partial charge in [0.05, 0.1) is 7.11 Å². The SMILES string of the molecule is COc1cc(C)c(C(=O)C(Cl)CCl)cc1C. The molecule has 0 amide bonds. The fraction of sp³-hybridized carbons (Fsp3) is 0.417. The molecule has 2 nitrogen and oxygen atoms in total. The molecule has 16 heavy (non-hydrogen) atoms. The van der Waals surface area contributed by atoms with Gasteiger partial charge in [0.25, 0.3) is 0 Å². The Balaban J connectivity index is 3.16. The summed E-state index contributed by atoms with van der Waals surface area (Å²) in [5.74, 6) is 0.747. The molecule has 1 atom stereocenters. The zero-order valence-corrected chi connectivity index (χ0v) is 11.0. The molecule has 1 unspecified atom stereocenters. The average molecular weight is 261 g/mol. The van der Waals surface area contributed by atoms with E-state index in [0.29, 0.717) is 5.56 Å². The third-order valence-electron chi connectivity index (χ3n) is 2.43. The summed E-state index contributed by atoms with van der Waals surface area (Å²) in [6.07, 6.45) is 0. The van der Waals surface area contributed by atoms with Crippen molar-refractivity contribution in [3.05, 3.63) is 28.8 Å². The molecule has 0 bridgehead atoms. The lowest BCUT2D eigenvalue weighted by Gasteiger charge is -2.12. The summed E-state index contributed by atoms with van der Waals surface area (Å²) in [5.41, 5.74) is 2.37. The van der Waals surface area contributed by atoms with Gasteiger partial charge in [-0.2, -0.15) is 0 Å². The predicted octanol–water partition coefficient (Wildman–Crippen LogP) is 3.34. The van der Waals surface area contributed by atoms with Gasteiger partial charge in [-0.15, -0.1) is 23.2 Å². The summed E-state index contributed by atoms with van der Waals surface area (Å²) in [4.78, 5) is 11.9. The average Bonchev–Trinajstić information content (AvgIpc) is 2.29. The van der Waals surface area contributed by atoms with Crippen LogP contribution in [0.2, 0.25) is 0 Å². The predicted molar refractivity (Wildman–Crippen MR) is 67.2 cm³/mol. The van der Waals surface area contributed by atoms with Crippen LogP contribution in [0.5, 0.6) is 5.75 Å². The van der Waals surface area contributed by atoms with Gasteiger partial charge < -0.3 is 4.74 Å². The minimum Gasteiger partial charge on any atom is -0.496 e. The van der Waals surface area contributed by atoms with Gasteiger partial charge >= 0.3 is 0 Å². The minimum absolute atomic E-state index is 0.116. The van der Waals surface area contributed by atoms with Crippen molar-refractivity contribution in [3.63, 3.8) is 0 Å². The van der Waals surface area contributed by atoms with E-state index in [4.69, 9.17) is 27.9 Å². The van der Waals surface area contributed by atoms with E-state index in [1.807, 2.05) is 19.9 Å². The maximum Gasteiger partial charge on any atom is 0.182 e. The molecule has 0 N–H and O–H groups in total. The van der Waals surface area contributed by atoms with Crippen molar-refractivity contribution in [2.45, 2.75) is 19.2 Å². The summed E-state index contributed by atoms with van der Waals surface area (Å²) in [5, 5.41) is -0.673. The molecule has 0 aliphatic heterocycles. The minimum atomic E-state index is -0.673. The molecular formula is C12H14Cl2O2. The number of hydrogen-bond acceptors (Lipinski definition) is 2. The van der Waals surface area contributed by atoms with Crippen molar-refractivity contribution in [2.75, 3.05) is 13.0 Å². The summed E-state index contributed by atoms with van der Waals surface area (Å²) in [6.45, 7) is 3.74. The van der Waals surface area contributed by atoms with Gasteiger partial charge in [0.15, 0.2) is 5.78 Å². The van der Waals surface area contributed by atoms with Crippen molar-refractivity contribution >= 4 is 29.0 Å². The number of hydrogen-bond donors (Lipinski definition) is 0. The quantitative estimate of drug-likeness (QED) is 0.613. The van der Waals surface area contributed by atoms with Crippen LogP contribution in [-0.2, 0) is 0 Å². The van der Waals surface area contributed by atoms with Crippen molar-refractivity contribution in [2.24, 2.45) is 0 Å². The van der Waals surface area contributed by atoms with Crippen LogP contribution in [0.3, 0.4) is 0 Å². The van der Waals surface area contributed by atoms with Gasteiger partial charge in [-0.05, 0) is 37.1 Å². The zero-order valence-electron chi connectivity index (χ0n) is 9.51. The molecule has 0 fully saturated rings. The smallest absolute Gasteiger partial charge is 0.182 e. The normalized spacial score (nSPS) is 12.3. The fourth-order valence-corrected chi connectivity index (χ4v) is 1.77. The van der Waals surface area contributed by atoms with Gasteiger partial charge in [-0.25, -0.2) is 0 Å². The number of benzene rings is 1. The van der Waals surface area contributed by atoms with E-state index in [1.54, 1.807) is 13.2 Å². The topological polar surface area (TPSA) is 26.3 Å². The molecule has 1 aromatic carbocycles. The summed E-state index contributed by atoms with van der Waals surface area (Å²) in [6, 6.07) is 3.62. The van der Waals surface area contributed by atoms with E-state index in [0.717, 1.165) is 16.9 Å². The molecule has 0 saturated heterocycles. The largest absolute Gasteiger partial charge is 0.496 e. The summed E-state index contributed by atoms with van der Waals surface area (Å²) >= 11 is 11.4. The molecule has 0 spiro atoms. The first-order valence-electron chi connectivity index (χ1n) is 4.90. The first-order chi connectivity index (χ1) is 7.51. The first kappa shape index (κ1) is 13.3. The van der Waals surface area contributed by atoms with E-state index in [2.05, 4.69) is 0 Å². The molecule has 0 aliphatic rings. The maximum atomic E-state index is 11.9. The van der Waals surface area contributed by atoms with Crippen LogP contribution in [-0.4, -0.2) is 24.2 Å². The molecule has 0 saturated carbocycles. The number of carbonyl (C=O) groups excluding carboxylic acids is 1. The second-order valence-corrected chi connectivity index (χ2v) is 4.46. The van der Waals surface area contributed by atoms with Crippen LogP contribution in [0.1, 0.15) is 21.5 Å². The highest BCUT2D eigenvalue weighted by atomic mass is 35.5. The third kappa shape index (κ3) is 2.69. The maximum absolute atomic E-state index is 11.9. The molecule has 1 rings (SSSR count). The Morgan fingerprint density at radius 1 is 1.38 bits per heavy atom. The Morgan fingerprint density at radius 2 is 2.00 bits per heavy atom. The van der Waals surface area contributed by atoms with Gasteiger partial charge in [-0.1, -0.05) is 0 Å². The number of rotatable bonds is 4. The summed E-state index contributed by atoms with van der Waals surface area (Å²) in [7, 11) is 1.60. The van der Waals surface area contributed by atoms with Gasteiger partial charge in [0.2, 0.25) is 0 Å². The fourth-order valence-electron chi connectivity index (χ4n) is 1.51. The number of ether oxygens (including phenoxy) is 1.